The Hall–Kier alpha value is -4.16. The van der Waals surface area contributed by atoms with Crippen LogP contribution >= 0.6 is 0 Å². The molecule has 0 bridgehead atoms. The van der Waals surface area contributed by atoms with Crippen LogP contribution in [0.3, 0.4) is 0 Å². The number of amidine groups is 3. The van der Waals surface area contributed by atoms with Crippen molar-refractivity contribution in [3.05, 3.63) is 59.1 Å². The number of aliphatic imine (C=N–C) groups is 3. The highest BCUT2D eigenvalue weighted by Gasteiger charge is 2.44. The maximum Gasteiger partial charge on any atom is 0.412 e. The summed E-state index contributed by atoms with van der Waals surface area (Å²) in [6.45, 7) is 6.54. The van der Waals surface area contributed by atoms with E-state index in [1.165, 1.54) is 6.33 Å². The van der Waals surface area contributed by atoms with Crippen molar-refractivity contribution in [1.82, 2.24) is 14.9 Å². The third kappa shape index (κ3) is 5.38. The summed E-state index contributed by atoms with van der Waals surface area (Å²) in [6, 6.07) is 5.25. The Balaban J connectivity index is 1.44. The molecule has 3 aliphatic heterocycles. The van der Waals surface area contributed by atoms with E-state index in [1.807, 2.05) is 32.9 Å². The quantitative estimate of drug-likeness (QED) is 0.468. The number of alkyl halides is 3. The Kier molecular flexibility index (Phi) is 7.40. The zero-order valence-corrected chi connectivity index (χ0v) is 21.7. The molecule has 0 N–H and O–H groups in total. The van der Waals surface area contributed by atoms with Crippen LogP contribution in [0, 0.1) is 0 Å². The summed E-state index contributed by atoms with van der Waals surface area (Å²) < 4.78 is 51.3. The van der Waals surface area contributed by atoms with Crippen LogP contribution in [-0.2, 0) is 6.42 Å². The first kappa shape index (κ1) is 26.4. The van der Waals surface area contributed by atoms with Gasteiger partial charge in [0.1, 0.15) is 17.7 Å². The molecule has 0 fully saturated rings. The summed E-state index contributed by atoms with van der Waals surface area (Å²) in [5.41, 5.74) is 2.76. The molecule has 1 aromatic heterocycles. The number of hydrogen-bond donors (Lipinski definition) is 0. The number of nitrogens with zero attached hydrogens (tertiary/aromatic N) is 8. The van der Waals surface area contributed by atoms with Crippen LogP contribution < -0.4 is 9.47 Å². The van der Waals surface area contributed by atoms with Gasteiger partial charge in [-0.2, -0.15) is 18.3 Å². The summed E-state index contributed by atoms with van der Waals surface area (Å²) >= 11 is 0. The smallest absolute Gasteiger partial charge is 0.412 e. The Bertz CT molecular complexity index is 1360. The lowest BCUT2D eigenvalue weighted by Gasteiger charge is -2.21. The van der Waals surface area contributed by atoms with Gasteiger partial charge < -0.3 is 14.4 Å². The van der Waals surface area contributed by atoms with Gasteiger partial charge in [-0.25, -0.2) is 15.0 Å². The van der Waals surface area contributed by atoms with Gasteiger partial charge in [0, 0.05) is 17.7 Å². The highest BCUT2D eigenvalue weighted by Crippen LogP contribution is 2.32. The maximum absolute atomic E-state index is 13.3. The molecule has 39 heavy (non-hydrogen) atoms. The molecule has 0 saturated carbocycles. The van der Waals surface area contributed by atoms with Crippen molar-refractivity contribution in [2.75, 3.05) is 26.3 Å². The highest BCUT2D eigenvalue weighted by molar-refractivity contribution is 6.16. The van der Waals surface area contributed by atoms with Crippen LogP contribution in [0.2, 0.25) is 0 Å². The number of azo groups is 1. The summed E-state index contributed by atoms with van der Waals surface area (Å²) in [4.78, 5) is 23.6. The highest BCUT2D eigenvalue weighted by atomic mass is 19.4. The molecule has 2 aromatic rings. The maximum atomic E-state index is 13.3. The predicted octanol–water partition coefficient (Wildman–Crippen LogP) is 4.41. The minimum absolute atomic E-state index is 0.170. The average Bonchev–Trinajstić information content (AvgIpc) is 3.57. The van der Waals surface area contributed by atoms with Crippen LogP contribution in [0.4, 0.5) is 13.2 Å². The minimum atomic E-state index is -4.37. The number of halogens is 3. The number of aromatic nitrogens is 2. The fourth-order valence-electron chi connectivity index (χ4n) is 4.53. The molecule has 0 aliphatic carbocycles. The van der Waals surface area contributed by atoms with Crippen molar-refractivity contribution in [3.63, 3.8) is 0 Å². The van der Waals surface area contributed by atoms with E-state index in [1.54, 1.807) is 23.2 Å². The first-order chi connectivity index (χ1) is 18.8. The van der Waals surface area contributed by atoms with Gasteiger partial charge in [-0.3, -0.25) is 9.98 Å². The number of fused-ring (bicyclic) bond motifs is 1. The summed E-state index contributed by atoms with van der Waals surface area (Å²) in [7, 11) is 0. The molecule has 2 unspecified atom stereocenters. The number of benzene rings is 1. The lowest BCUT2D eigenvalue weighted by Crippen LogP contribution is -2.35. The molecule has 0 spiro atoms. The molecule has 13 heteroatoms. The van der Waals surface area contributed by atoms with E-state index in [-0.39, 0.29) is 12.6 Å². The van der Waals surface area contributed by atoms with Gasteiger partial charge in [0.15, 0.2) is 17.7 Å². The van der Waals surface area contributed by atoms with Gasteiger partial charge in [-0.05, 0) is 32.8 Å². The summed E-state index contributed by atoms with van der Waals surface area (Å²) in [5.74, 6) is 1.73. The first-order valence-electron chi connectivity index (χ1n) is 12.7. The normalized spacial score (nSPS) is 20.3. The third-order valence-electron chi connectivity index (χ3n) is 6.39. The second-order valence-electron chi connectivity index (χ2n) is 8.88. The molecular weight excluding hydrogens is 513 g/mol. The number of ether oxygens (including phenoxy) is 2. The molecule has 3 aliphatic rings. The molecule has 10 nitrogen and oxygen atoms in total. The predicted molar refractivity (Wildman–Crippen MR) is 139 cm³/mol. The van der Waals surface area contributed by atoms with Crippen LogP contribution in [-0.4, -0.2) is 76.9 Å². The monoisotopic (exact) mass is 540 g/mol. The molecule has 0 saturated heterocycles. The Morgan fingerprint density at radius 1 is 0.949 bits per heavy atom. The standard InChI is InChI=1S/C26H27F3N8O2/c1-4-37-13-19(26(27,28)29)34-23(37)16-9-7-15(8-10-16)11-18-17-12-32-36-21(17)35-22(33-18)20-24(38-5-2)30-14-31-25(20)39-6-3/h7-10,12,14,18-19H,4-6,11,13H2,1-3H3. The van der Waals surface area contributed by atoms with Gasteiger partial charge in [0.05, 0.1) is 32.0 Å². The Morgan fingerprint density at radius 2 is 1.64 bits per heavy atom. The Morgan fingerprint density at radius 3 is 2.26 bits per heavy atom. The fourth-order valence-corrected chi connectivity index (χ4v) is 4.53. The van der Waals surface area contributed by atoms with Crippen molar-refractivity contribution in [2.24, 2.45) is 25.2 Å². The number of hydrogen-bond acceptors (Lipinski definition) is 10. The van der Waals surface area contributed by atoms with Crippen LogP contribution in [0.1, 0.15) is 37.5 Å². The minimum Gasteiger partial charge on any atom is -0.477 e. The van der Waals surface area contributed by atoms with E-state index >= 15 is 0 Å². The number of rotatable bonds is 9. The van der Waals surface area contributed by atoms with Gasteiger partial charge in [-0.1, -0.05) is 24.3 Å². The Labute approximate surface area is 223 Å². The lowest BCUT2D eigenvalue weighted by molar-refractivity contribution is -0.145. The third-order valence-corrected chi connectivity index (χ3v) is 6.39. The SMILES string of the molecule is CCOc1ncnc(OCC)c1C1=NC(Cc2ccc(C3=NC(C(F)(F)F)CN3CC)cc2)C2=CN=NC2=N1. The largest absolute Gasteiger partial charge is 0.477 e. The van der Waals surface area contributed by atoms with Gasteiger partial charge >= 0.3 is 6.18 Å². The number of likely N-dealkylation sites (N-methyl/N-ethyl adjacent to an activating group) is 1. The van der Waals surface area contributed by atoms with Crippen molar-refractivity contribution < 1.29 is 22.6 Å². The average molecular weight is 541 g/mol. The zero-order valence-electron chi connectivity index (χ0n) is 21.7. The second-order valence-corrected chi connectivity index (χ2v) is 8.88. The van der Waals surface area contributed by atoms with E-state index in [9.17, 15) is 13.2 Å². The van der Waals surface area contributed by atoms with Crippen LogP contribution in [0.25, 0.3) is 0 Å². The van der Waals surface area contributed by atoms with E-state index in [4.69, 9.17) is 14.5 Å². The van der Waals surface area contributed by atoms with E-state index < -0.39 is 12.2 Å². The van der Waals surface area contributed by atoms with Crippen LogP contribution in [0.5, 0.6) is 11.8 Å². The molecular formula is C26H27F3N8O2. The fraction of sp³-hybridized carbons (Fsp3) is 0.423. The topological polar surface area (TPSA) is 109 Å². The van der Waals surface area contributed by atoms with Crippen molar-refractivity contribution in [2.45, 2.75) is 45.5 Å². The van der Waals surface area contributed by atoms with Crippen molar-refractivity contribution >= 4 is 17.5 Å². The molecule has 0 radical (unpaired) electrons. The second kappa shape index (κ2) is 10.9. The van der Waals surface area contributed by atoms with E-state index in [0.717, 1.165) is 11.1 Å². The van der Waals surface area contributed by atoms with Crippen molar-refractivity contribution in [1.29, 1.82) is 0 Å². The van der Waals surface area contributed by atoms with Crippen LogP contribution in [0.15, 0.2) is 67.6 Å². The lowest BCUT2D eigenvalue weighted by atomic mass is 9.97. The van der Waals surface area contributed by atoms with Gasteiger partial charge in [0.2, 0.25) is 11.8 Å². The molecule has 2 atom stereocenters. The molecule has 204 valence electrons. The van der Waals surface area contributed by atoms with Gasteiger partial charge in [0.25, 0.3) is 0 Å². The first-order valence-corrected chi connectivity index (χ1v) is 12.7. The summed E-state index contributed by atoms with van der Waals surface area (Å²) in [5, 5.41) is 8.18. The summed E-state index contributed by atoms with van der Waals surface area (Å²) in [6.07, 6.45) is -0.891. The molecule has 4 heterocycles. The molecule has 5 rings (SSSR count). The van der Waals surface area contributed by atoms with E-state index in [2.05, 4.69) is 30.2 Å². The zero-order chi connectivity index (χ0) is 27.6. The molecule has 1 aromatic carbocycles. The molecule has 0 amide bonds. The van der Waals surface area contributed by atoms with E-state index in [0.29, 0.717) is 66.6 Å². The van der Waals surface area contributed by atoms with Gasteiger partial charge in [-0.15, -0.1) is 5.11 Å². The van der Waals surface area contributed by atoms with Crippen molar-refractivity contribution in [3.8, 4) is 11.8 Å².